The minimum absolute atomic E-state index is 0.0694. The minimum atomic E-state index is -0.676. The predicted octanol–water partition coefficient (Wildman–Crippen LogP) is 2.26. The molecule has 1 aromatic rings. The minimum Gasteiger partial charge on any atom is -0.481 e. The zero-order chi connectivity index (χ0) is 19.6. The number of halogens is 1. The van der Waals surface area contributed by atoms with E-state index in [1.807, 2.05) is 6.92 Å². The van der Waals surface area contributed by atoms with Crippen molar-refractivity contribution < 1.29 is 23.5 Å². The summed E-state index contributed by atoms with van der Waals surface area (Å²) < 4.78 is 19.8. The maximum absolute atomic E-state index is 14.5. The standard InChI is InChI=1S/C19H22FN3O4/c1-2-7-23-15-9-14(13(20)8-16(15)27-10-17(23)24)22-19(26)12-6-4-3-5-11(12)18(21)25/h8-9H,2-7,10H2,1H3,(H2,21,25)(H,22,26). The number of ether oxygens (including phenoxy) is 1. The maximum Gasteiger partial charge on any atom is 0.265 e. The van der Waals surface area contributed by atoms with Crippen molar-refractivity contribution in [1.29, 1.82) is 0 Å². The largest absolute Gasteiger partial charge is 0.481 e. The molecular weight excluding hydrogens is 353 g/mol. The number of nitrogens with one attached hydrogen (secondary N) is 1. The van der Waals surface area contributed by atoms with Crippen LogP contribution in [0.1, 0.15) is 39.0 Å². The third-order valence-corrected chi connectivity index (χ3v) is 4.73. The molecule has 0 saturated carbocycles. The first-order chi connectivity index (χ1) is 12.9. The molecule has 1 aromatic carbocycles. The van der Waals surface area contributed by atoms with Crippen LogP contribution in [0, 0.1) is 5.82 Å². The van der Waals surface area contributed by atoms with E-state index in [0.29, 0.717) is 36.2 Å². The fraction of sp³-hybridized carbons (Fsp3) is 0.421. The topological polar surface area (TPSA) is 102 Å². The molecule has 2 aliphatic rings. The van der Waals surface area contributed by atoms with Gasteiger partial charge in [0.1, 0.15) is 5.75 Å². The number of hydrogen-bond acceptors (Lipinski definition) is 4. The number of hydrogen-bond donors (Lipinski definition) is 2. The van der Waals surface area contributed by atoms with Crippen LogP contribution in [-0.2, 0) is 14.4 Å². The Morgan fingerprint density at radius 2 is 1.96 bits per heavy atom. The average Bonchev–Trinajstić information content (AvgIpc) is 2.65. The first kappa shape index (κ1) is 18.9. The molecule has 3 amide bonds. The van der Waals surface area contributed by atoms with Crippen molar-refractivity contribution in [3.05, 3.63) is 29.1 Å². The summed E-state index contributed by atoms with van der Waals surface area (Å²) in [5, 5.41) is 2.52. The molecule has 0 saturated heterocycles. The van der Waals surface area contributed by atoms with E-state index in [1.54, 1.807) is 0 Å². The van der Waals surface area contributed by atoms with E-state index in [1.165, 1.54) is 11.0 Å². The third kappa shape index (κ3) is 3.79. The summed E-state index contributed by atoms with van der Waals surface area (Å²) >= 11 is 0. The van der Waals surface area contributed by atoms with Crippen molar-refractivity contribution in [2.24, 2.45) is 5.73 Å². The molecule has 0 spiro atoms. The van der Waals surface area contributed by atoms with Crippen molar-refractivity contribution in [3.8, 4) is 5.75 Å². The molecule has 1 heterocycles. The fourth-order valence-corrected chi connectivity index (χ4v) is 3.41. The number of amides is 3. The van der Waals surface area contributed by atoms with Crippen LogP contribution in [0.25, 0.3) is 0 Å². The highest BCUT2D eigenvalue weighted by molar-refractivity contribution is 6.10. The molecular formula is C19H22FN3O4. The van der Waals surface area contributed by atoms with Gasteiger partial charge in [0, 0.05) is 23.8 Å². The molecule has 0 unspecified atom stereocenters. The molecule has 0 radical (unpaired) electrons. The highest BCUT2D eigenvalue weighted by atomic mass is 19.1. The lowest BCUT2D eigenvalue weighted by Crippen LogP contribution is -2.39. The number of nitrogens with two attached hydrogens (primary N) is 1. The van der Waals surface area contributed by atoms with Gasteiger partial charge in [-0.1, -0.05) is 6.92 Å². The summed E-state index contributed by atoms with van der Waals surface area (Å²) in [7, 11) is 0. The number of fused-ring (bicyclic) bond motifs is 1. The molecule has 0 atom stereocenters. The van der Waals surface area contributed by atoms with E-state index in [-0.39, 0.29) is 24.0 Å². The smallest absolute Gasteiger partial charge is 0.265 e. The van der Waals surface area contributed by atoms with E-state index >= 15 is 0 Å². The van der Waals surface area contributed by atoms with Crippen molar-refractivity contribution in [2.45, 2.75) is 39.0 Å². The number of anilines is 2. The van der Waals surface area contributed by atoms with Gasteiger partial charge in [-0.05, 0) is 38.2 Å². The lowest BCUT2D eigenvalue weighted by atomic mass is 9.90. The summed E-state index contributed by atoms with van der Waals surface area (Å²) in [6.07, 6.45) is 3.13. The fourth-order valence-electron chi connectivity index (χ4n) is 3.41. The van der Waals surface area contributed by atoms with Gasteiger partial charge < -0.3 is 20.7 Å². The molecule has 8 heteroatoms. The van der Waals surface area contributed by atoms with E-state index in [2.05, 4.69) is 5.32 Å². The number of rotatable bonds is 5. The molecule has 1 aliphatic heterocycles. The van der Waals surface area contributed by atoms with Gasteiger partial charge in [-0.15, -0.1) is 0 Å². The van der Waals surface area contributed by atoms with E-state index < -0.39 is 17.6 Å². The number of primary amides is 1. The van der Waals surface area contributed by atoms with Crippen LogP contribution >= 0.6 is 0 Å². The summed E-state index contributed by atoms with van der Waals surface area (Å²) in [5.41, 5.74) is 6.30. The van der Waals surface area contributed by atoms with Gasteiger partial charge in [0.2, 0.25) is 5.91 Å². The first-order valence-electron chi connectivity index (χ1n) is 9.02. The van der Waals surface area contributed by atoms with Crippen molar-refractivity contribution in [2.75, 3.05) is 23.4 Å². The van der Waals surface area contributed by atoms with E-state index in [0.717, 1.165) is 25.3 Å². The van der Waals surface area contributed by atoms with Gasteiger partial charge >= 0.3 is 0 Å². The Hall–Kier alpha value is -2.90. The Morgan fingerprint density at radius 3 is 2.63 bits per heavy atom. The molecule has 0 fully saturated rings. The zero-order valence-corrected chi connectivity index (χ0v) is 15.1. The highest BCUT2D eigenvalue weighted by Gasteiger charge is 2.28. The maximum atomic E-state index is 14.5. The van der Waals surface area contributed by atoms with Crippen molar-refractivity contribution in [1.82, 2.24) is 0 Å². The summed E-state index contributed by atoms with van der Waals surface area (Å²) in [6.45, 7) is 2.24. The second-order valence-electron chi connectivity index (χ2n) is 6.62. The lowest BCUT2D eigenvalue weighted by Gasteiger charge is -2.29. The summed E-state index contributed by atoms with van der Waals surface area (Å²) in [4.78, 5) is 37.8. The molecule has 3 rings (SSSR count). The van der Waals surface area contributed by atoms with Gasteiger partial charge in [0.15, 0.2) is 12.4 Å². The van der Waals surface area contributed by atoms with Crippen molar-refractivity contribution >= 4 is 29.1 Å². The molecule has 0 aromatic heterocycles. The molecule has 144 valence electrons. The number of carbonyl (C=O) groups excluding carboxylic acids is 3. The molecule has 7 nitrogen and oxygen atoms in total. The SMILES string of the molecule is CCCN1C(=O)COc2cc(F)c(NC(=O)C3=C(C(N)=O)CCCC3)cc21. The van der Waals surface area contributed by atoms with Gasteiger partial charge in [-0.2, -0.15) is 0 Å². The highest BCUT2D eigenvalue weighted by Crippen LogP contribution is 2.37. The van der Waals surface area contributed by atoms with Crippen LogP contribution < -0.4 is 20.7 Å². The van der Waals surface area contributed by atoms with Gasteiger partial charge in [-0.3, -0.25) is 14.4 Å². The van der Waals surface area contributed by atoms with E-state index in [4.69, 9.17) is 10.5 Å². The first-order valence-corrected chi connectivity index (χ1v) is 9.02. The molecule has 3 N–H and O–H groups in total. The Labute approximate surface area is 156 Å². The summed E-state index contributed by atoms with van der Waals surface area (Å²) in [6, 6.07) is 2.55. The Kier molecular flexibility index (Phi) is 5.43. The number of benzene rings is 1. The quantitative estimate of drug-likeness (QED) is 0.824. The van der Waals surface area contributed by atoms with Crippen molar-refractivity contribution in [3.63, 3.8) is 0 Å². The van der Waals surface area contributed by atoms with Crippen LogP contribution in [0.4, 0.5) is 15.8 Å². The number of carbonyl (C=O) groups is 3. The van der Waals surface area contributed by atoms with Gasteiger partial charge in [-0.25, -0.2) is 4.39 Å². The molecule has 27 heavy (non-hydrogen) atoms. The zero-order valence-electron chi connectivity index (χ0n) is 15.1. The average molecular weight is 375 g/mol. The van der Waals surface area contributed by atoms with Crippen LogP contribution in [0.3, 0.4) is 0 Å². The van der Waals surface area contributed by atoms with Crippen LogP contribution in [0.5, 0.6) is 5.75 Å². The summed E-state index contributed by atoms with van der Waals surface area (Å²) in [5.74, 6) is -1.82. The van der Waals surface area contributed by atoms with Crippen LogP contribution in [0.2, 0.25) is 0 Å². The van der Waals surface area contributed by atoms with Crippen LogP contribution in [0.15, 0.2) is 23.3 Å². The second-order valence-corrected chi connectivity index (χ2v) is 6.62. The lowest BCUT2D eigenvalue weighted by molar-refractivity contribution is -0.121. The monoisotopic (exact) mass is 375 g/mol. The van der Waals surface area contributed by atoms with Gasteiger partial charge in [0.05, 0.1) is 11.4 Å². The number of nitrogens with zero attached hydrogens (tertiary/aromatic N) is 1. The van der Waals surface area contributed by atoms with E-state index in [9.17, 15) is 18.8 Å². The Morgan fingerprint density at radius 1 is 1.26 bits per heavy atom. The third-order valence-electron chi connectivity index (χ3n) is 4.73. The van der Waals surface area contributed by atoms with Crippen LogP contribution in [-0.4, -0.2) is 30.9 Å². The Bertz CT molecular complexity index is 834. The Balaban J connectivity index is 1.92. The normalized spacial score (nSPS) is 16.7. The predicted molar refractivity (Wildman–Crippen MR) is 97.9 cm³/mol. The second kappa shape index (κ2) is 7.77. The molecule has 0 bridgehead atoms. The van der Waals surface area contributed by atoms with Gasteiger partial charge in [0.25, 0.3) is 11.8 Å². The molecule has 1 aliphatic carbocycles.